The molecule has 0 spiro atoms. The maximum absolute atomic E-state index is 12.8. The number of aryl methyl sites for hydroxylation is 4. The quantitative estimate of drug-likeness (QED) is 0.526. The minimum absolute atomic E-state index is 0.0561. The van der Waals surface area contributed by atoms with Gasteiger partial charge in [-0.3, -0.25) is 9.36 Å². The Bertz CT molecular complexity index is 918. The van der Waals surface area contributed by atoms with Crippen molar-refractivity contribution in [1.29, 1.82) is 0 Å². The van der Waals surface area contributed by atoms with E-state index in [1.165, 1.54) is 0 Å². The number of nitrogens with zero attached hydrogens (tertiary/aromatic N) is 3. The molecule has 23 heavy (non-hydrogen) atoms. The van der Waals surface area contributed by atoms with Crippen molar-refractivity contribution in [3.63, 3.8) is 0 Å². The second kappa shape index (κ2) is 6.13. The van der Waals surface area contributed by atoms with Crippen molar-refractivity contribution >= 4 is 33.3 Å². The fourth-order valence-electron chi connectivity index (χ4n) is 2.54. The van der Waals surface area contributed by atoms with Crippen LogP contribution in [0.15, 0.2) is 14.5 Å². The molecular formula is C16H19N3O2S2. The molecule has 0 amide bonds. The largest absolute Gasteiger partial charge is 0.361 e. The predicted molar refractivity (Wildman–Crippen MR) is 94.6 cm³/mol. The lowest BCUT2D eigenvalue weighted by atomic mass is 10.2. The molecular weight excluding hydrogens is 330 g/mol. The Balaban J connectivity index is 2.05. The molecule has 0 saturated carbocycles. The standard InChI is InChI=1S/C16H19N3O2S2/c1-6-19-15(20)13-8(2)11(5)23-14(13)17-16(19)22-7-12-9(3)18-21-10(12)4/h6-7H2,1-5H3. The van der Waals surface area contributed by atoms with Crippen LogP contribution in [-0.4, -0.2) is 14.7 Å². The van der Waals surface area contributed by atoms with E-state index in [4.69, 9.17) is 9.51 Å². The number of thioether (sulfide) groups is 1. The highest BCUT2D eigenvalue weighted by molar-refractivity contribution is 7.98. The Morgan fingerprint density at radius 1 is 1.26 bits per heavy atom. The van der Waals surface area contributed by atoms with E-state index in [9.17, 15) is 4.79 Å². The number of thiophene rings is 1. The summed E-state index contributed by atoms with van der Waals surface area (Å²) < 4.78 is 6.96. The van der Waals surface area contributed by atoms with Gasteiger partial charge in [0.1, 0.15) is 10.6 Å². The summed E-state index contributed by atoms with van der Waals surface area (Å²) in [5.41, 5.74) is 3.07. The van der Waals surface area contributed by atoms with Gasteiger partial charge in [-0.05, 0) is 40.2 Å². The molecule has 0 N–H and O–H groups in total. The highest BCUT2D eigenvalue weighted by Gasteiger charge is 2.17. The number of rotatable bonds is 4. The lowest BCUT2D eigenvalue weighted by Gasteiger charge is -2.09. The van der Waals surface area contributed by atoms with Crippen molar-refractivity contribution in [3.05, 3.63) is 37.8 Å². The van der Waals surface area contributed by atoms with Gasteiger partial charge in [0.05, 0.1) is 11.1 Å². The molecule has 0 aliphatic rings. The zero-order valence-electron chi connectivity index (χ0n) is 13.9. The summed E-state index contributed by atoms with van der Waals surface area (Å²) in [4.78, 5) is 19.5. The molecule has 0 radical (unpaired) electrons. The Morgan fingerprint density at radius 3 is 2.61 bits per heavy atom. The molecule has 0 aliphatic heterocycles. The fourth-order valence-corrected chi connectivity index (χ4v) is 4.83. The first-order valence-corrected chi connectivity index (χ1v) is 9.29. The van der Waals surface area contributed by atoms with Crippen LogP contribution < -0.4 is 5.56 Å². The van der Waals surface area contributed by atoms with Crippen LogP contribution in [0.4, 0.5) is 0 Å². The fraction of sp³-hybridized carbons (Fsp3) is 0.438. The van der Waals surface area contributed by atoms with Gasteiger partial charge in [0.25, 0.3) is 5.56 Å². The van der Waals surface area contributed by atoms with Crippen LogP contribution in [0.2, 0.25) is 0 Å². The molecule has 0 atom stereocenters. The molecule has 0 aliphatic carbocycles. The first-order chi connectivity index (χ1) is 10.9. The van der Waals surface area contributed by atoms with E-state index < -0.39 is 0 Å². The highest BCUT2D eigenvalue weighted by atomic mass is 32.2. The first kappa shape index (κ1) is 16.3. The average Bonchev–Trinajstić information content (AvgIpc) is 2.97. The zero-order chi connectivity index (χ0) is 16.7. The molecule has 0 fully saturated rings. The molecule has 3 rings (SSSR count). The normalized spacial score (nSPS) is 11.5. The van der Waals surface area contributed by atoms with Crippen molar-refractivity contribution < 1.29 is 4.52 Å². The highest BCUT2D eigenvalue weighted by Crippen LogP contribution is 2.30. The Labute approximate surface area is 142 Å². The summed E-state index contributed by atoms with van der Waals surface area (Å²) in [5.74, 6) is 1.52. The van der Waals surface area contributed by atoms with E-state index in [2.05, 4.69) is 5.16 Å². The molecule has 0 aromatic carbocycles. The van der Waals surface area contributed by atoms with Crippen molar-refractivity contribution in [2.75, 3.05) is 0 Å². The summed E-state index contributed by atoms with van der Waals surface area (Å²) >= 11 is 3.15. The van der Waals surface area contributed by atoms with Gasteiger partial charge in [0, 0.05) is 22.7 Å². The minimum atomic E-state index is 0.0561. The zero-order valence-corrected chi connectivity index (χ0v) is 15.5. The molecule has 3 aromatic rings. The van der Waals surface area contributed by atoms with Gasteiger partial charge in [-0.25, -0.2) is 4.98 Å². The van der Waals surface area contributed by atoms with Crippen LogP contribution in [0, 0.1) is 27.7 Å². The van der Waals surface area contributed by atoms with Crippen molar-refractivity contribution in [2.24, 2.45) is 0 Å². The van der Waals surface area contributed by atoms with Crippen molar-refractivity contribution in [3.8, 4) is 0 Å². The molecule has 0 bridgehead atoms. The van der Waals surface area contributed by atoms with Gasteiger partial charge in [-0.2, -0.15) is 0 Å². The van der Waals surface area contributed by atoms with Crippen LogP contribution in [0.5, 0.6) is 0 Å². The molecule has 0 unspecified atom stereocenters. The first-order valence-electron chi connectivity index (χ1n) is 7.49. The Morgan fingerprint density at radius 2 is 2.00 bits per heavy atom. The van der Waals surface area contributed by atoms with E-state index in [1.54, 1.807) is 27.7 Å². The van der Waals surface area contributed by atoms with Crippen molar-refractivity contribution in [1.82, 2.24) is 14.7 Å². The number of hydrogen-bond donors (Lipinski definition) is 0. The van der Waals surface area contributed by atoms with Gasteiger partial charge in [0.15, 0.2) is 5.16 Å². The minimum Gasteiger partial charge on any atom is -0.361 e. The van der Waals surface area contributed by atoms with Crippen LogP contribution >= 0.6 is 23.1 Å². The van der Waals surface area contributed by atoms with E-state index in [-0.39, 0.29) is 5.56 Å². The third-order valence-electron chi connectivity index (χ3n) is 4.10. The molecule has 0 saturated heterocycles. The summed E-state index contributed by atoms with van der Waals surface area (Å²) in [6, 6.07) is 0. The molecule has 3 aromatic heterocycles. The molecule has 7 heteroatoms. The number of hydrogen-bond acceptors (Lipinski definition) is 6. The molecule has 122 valence electrons. The monoisotopic (exact) mass is 349 g/mol. The Hall–Kier alpha value is -1.60. The van der Waals surface area contributed by atoms with Gasteiger partial charge in [0.2, 0.25) is 0 Å². The lowest BCUT2D eigenvalue weighted by Crippen LogP contribution is -2.22. The second-order valence-electron chi connectivity index (χ2n) is 5.50. The predicted octanol–water partition coefficient (Wildman–Crippen LogP) is 3.99. The van der Waals surface area contributed by atoms with Crippen molar-refractivity contribution in [2.45, 2.75) is 52.1 Å². The van der Waals surface area contributed by atoms with Crippen LogP contribution in [0.1, 0.15) is 34.4 Å². The topological polar surface area (TPSA) is 60.9 Å². The van der Waals surface area contributed by atoms with Gasteiger partial charge in [-0.1, -0.05) is 16.9 Å². The summed E-state index contributed by atoms with van der Waals surface area (Å²) in [6.07, 6.45) is 0. The second-order valence-corrected chi connectivity index (χ2v) is 7.64. The van der Waals surface area contributed by atoms with E-state index >= 15 is 0 Å². The number of fused-ring (bicyclic) bond motifs is 1. The van der Waals surface area contributed by atoms with Gasteiger partial charge < -0.3 is 4.52 Å². The maximum Gasteiger partial charge on any atom is 0.263 e. The third-order valence-corrected chi connectivity index (χ3v) is 6.20. The smallest absolute Gasteiger partial charge is 0.263 e. The summed E-state index contributed by atoms with van der Waals surface area (Å²) in [5, 5.41) is 5.49. The van der Waals surface area contributed by atoms with E-state index in [0.29, 0.717) is 12.3 Å². The van der Waals surface area contributed by atoms with Gasteiger partial charge >= 0.3 is 0 Å². The molecule has 3 heterocycles. The lowest BCUT2D eigenvalue weighted by molar-refractivity contribution is 0.392. The number of aromatic nitrogens is 3. The van der Waals surface area contributed by atoms with E-state index in [1.807, 2.05) is 34.6 Å². The van der Waals surface area contributed by atoms with Crippen LogP contribution in [-0.2, 0) is 12.3 Å². The molecule has 5 nitrogen and oxygen atoms in total. The van der Waals surface area contributed by atoms with Crippen LogP contribution in [0.3, 0.4) is 0 Å². The SMILES string of the molecule is CCn1c(SCc2c(C)noc2C)nc2sc(C)c(C)c2c1=O. The Kier molecular flexibility index (Phi) is 4.33. The van der Waals surface area contributed by atoms with Crippen LogP contribution in [0.25, 0.3) is 10.2 Å². The summed E-state index contributed by atoms with van der Waals surface area (Å²) in [7, 11) is 0. The van der Waals surface area contributed by atoms with E-state index in [0.717, 1.165) is 42.8 Å². The van der Waals surface area contributed by atoms with Gasteiger partial charge in [-0.15, -0.1) is 11.3 Å². The maximum atomic E-state index is 12.8. The third kappa shape index (κ3) is 2.72. The summed E-state index contributed by atoms with van der Waals surface area (Å²) in [6.45, 7) is 10.5. The average molecular weight is 349 g/mol.